The summed E-state index contributed by atoms with van der Waals surface area (Å²) in [6, 6.07) is 7.80. The summed E-state index contributed by atoms with van der Waals surface area (Å²) in [4.78, 5) is 18.7. The molecule has 1 aromatic heterocycles. The Bertz CT molecular complexity index is 678. The van der Waals surface area contributed by atoms with E-state index in [1.165, 1.54) is 11.3 Å². The van der Waals surface area contributed by atoms with E-state index in [0.717, 1.165) is 42.4 Å². The molecule has 0 unspecified atom stereocenters. The minimum atomic E-state index is -0.915. The van der Waals surface area contributed by atoms with E-state index in [1.807, 2.05) is 31.2 Å². The van der Waals surface area contributed by atoms with Crippen LogP contribution in [0.3, 0.4) is 0 Å². The van der Waals surface area contributed by atoms with E-state index in [9.17, 15) is 9.90 Å². The van der Waals surface area contributed by atoms with E-state index in [2.05, 4.69) is 9.88 Å². The molecule has 0 saturated carbocycles. The molecule has 6 heteroatoms. The third-order valence-corrected chi connectivity index (χ3v) is 4.65. The van der Waals surface area contributed by atoms with E-state index in [1.54, 1.807) is 0 Å². The molecular weight excluding hydrogens is 300 g/mol. The minimum absolute atomic E-state index is 0.314. The number of aromatic nitrogens is 1. The van der Waals surface area contributed by atoms with Crippen LogP contribution in [0.1, 0.15) is 20.2 Å². The first-order valence-corrected chi connectivity index (χ1v) is 8.05. The first-order chi connectivity index (χ1) is 10.6. The number of aromatic carboxylic acids is 1. The van der Waals surface area contributed by atoms with Gasteiger partial charge in [0.1, 0.15) is 9.88 Å². The van der Waals surface area contributed by atoms with Crippen molar-refractivity contribution in [2.45, 2.75) is 13.5 Å². The Morgan fingerprint density at radius 1 is 1.41 bits per heavy atom. The Kier molecular flexibility index (Phi) is 4.52. The topological polar surface area (TPSA) is 62.7 Å². The third kappa shape index (κ3) is 3.35. The van der Waals surface area contributed by atoms with Crippen LogP contribution < -0.4 is 0 Å². The number of hydrogen-bond acceptors (Lipinski definition) is 5. The van der Waals surface area contributed by atoms with Gasteiger partial charge in [0.15, 0.2) is 0 Å². The maximum absolute atomic E-state index is 11.5. The van der Waals surface area contributed by atoms with Crippen molar-refractivity contribution >= 4 is 17.3 Å². The summed E-state index contributed by atoms with van der Waals surface area (Å²) >= 11 is 1.27. The number of nitrogens with zero attached hydrogens (tertiary/aromatic N) is 2. The molecule has 116 valence electrons. The standard InChI is InChI=1S/C16H18N2O3S/c1-11-3-2-4-12(9-11)14-15(16(19)20)22-13(17-14)10-18-5-7-21-8-6-18/h2-4,9H,5-8,10H2,1H3,(H,19,20). The van der Waals surface area contributed by atoms with Crippen LogP contribution in [0.5, 0.6) is 0 Å². The Balaban J connectivity index is 1.90. The van der Waals surface area contributed by atoms with E-state index >= 15 is 0 Å². The summed E-state index contributed by atoms with van der Waals surface area (Å²) in [5, 5.41) is 10.3. The maximum atomic E-state index is 11.5. The van der Waals surface area contributed by atoms with Crippen molar-refractivity contribution in [1.82, 2.24) is 9.88 Å². The molecule has 2 aromatic rings. The molecule has 0 atom stereocenters. The number of aryl methyl sites for hydroxylation is 1. The zero-order chi connectivity index (χ0) is 15.5. The van der Waals surface area contributed by atoms with Crippen molar-refractivity contribution in [3.8, 4) is 11.3 Å². The molecule has 0 aliphatic carbocycles. The molecule has 0 bridgehead atoms. The average molecular weight is 318 g/mol. The van der Waals surface area contributed by atoms with Gasteiger partial charge in [-0.2, -0.15) is 0 Å². The van der Waals surface area contributed by atoms with Crippen molar-refractivity contribution in [2.24, 2.45) is 0 Å². The lowest BCUT2D eigenvalue weighted by atomic mass is 10.1. The summed E-state index contributed by atoms with van der Waals surface area (Å²) in [5.74, 6) is -0.915. The van der Waals surface area contributed by atoms with Crippen LogP contribution in [-0.4, -0.2) is 47.3 Å². The number of thiazole rings is 1. The second-order valence-electron chi connectivity index (χ2n) is 5.35. The van der Waals surface area contributed by atoms with Gasteiger partial charge in [-0.1, -0.05) is 23.8 Å². The molecule has 2 heterocycles. The molecule has 1 aliphatic heterocycles. The van der Waals surface area contributed by atoms with E-state index in [0.29, 0.717) is 17.1 Å². The molecule has 1 N–H and O–H groups in total. The van der Waals surface area contributed by atoms with Gasteiger partial charge in [0.05, 0.1) is 25.5 Å². The summed E-state index contributed by atoms with van der Waals surface area (Å²) in [6.07, 6.45) is 0. The monoisotopic (exact) mass is 318 g/mol. The molecular formula is C16H18N2O3S. The number of benzene rings is 1. The summed E-state index contributed by atoms with van der Waals surface area (Å²) in [7, 11) is 0. The Hall–Kier alpha value is -1.76. The fraction of sp³-hybridized carbons (Fsp3) is 0.375. The first-order valence-electron chi connectivity index (χ1n) is 7.23. The summed E-state index contributed by atoms with van der Waals surface area (Å²) < 4.78 is 5.33. The quantitative estimate of drug-likeness (QED) is 0.939. The fourth-order valence-corrected chi connectivity index (χ4v) is 3.48. The van der Waals surface area contributed by atoms with Gasteiger partial charge in [0.25, 0.3) is 0 Å². The lowest BCUT2D eigenvalue weighted by molar-refractivity contribution is 0.0341. The SMILES string of the molecule is Cc1cccc(-c2nc(CN3CCOCC3)sc2C(=O)O)c1. The van der Waals surface area contributed by atoms with Gasteiger partial charge < -0.3 is 9.84 Å². The van der Waals surface area contributed by atoms with Crippen LogP contribution in [0.2, 0.25) is 0 Å². The predicted molar refractivity (Wildman–Crippen MR) is 85.3 cm³/mol. The van der Waals surface area contributed by atoms with Crippen molar-refractivity contribution < 1.29 is 14.6 Å². The van der Waals surface area contributed by atoms with Crippen molar-refractivity contribution in [1.29, 1.82) is 0 Å². The van der Waals surface area contributed by atoms with Gasteiger partial charge in [-0.15, -0.1) is 11.3 Å². The van der Waals surface area contributed by atoms with Gasteiger partial charge >= 0.3 is 5.97 Å². The highest BCUT2D eigenvalue weighted by molar-refractivity contribution is 7.14. The number of carboxylic acids is 1. The van der Waals surface area contributed by atoms with Gasteiger partial charge in [-0.05, 0) is 13.0 Å². The minimum Gasteiger partial charge on any atom is -0.477 e. The van der Waals surface area contributed by atoms with Crippen LogP contribution in [0.25, 0.3) is 11.3 Å². The smallest absolute Gasteiger partial charge is 0.348 e. The molecule has 1 aromatic carbocycles. The average Bonchev–Trinajstić information content (AvgIpc) is 2.92. The predicted octanol–water partition coefficient (Wildman–Crippen LogP) is 2.65. The second kappa shape index (κ2) is 6.56. The van der Waals surface area contributed by atoms with Crippen LogP contribution in [0.4, 0.5) is 0 Å². The van der Waals surface area contributed by atoms with Gasteiger partial charge in [-0.3, -0.25) is 4.90 Å². The number of hydrogen-bond donors (Lipinski definition) is 1. The molecule has 1 aliphatic rings. The number of morpholine rings is 1. The van der Waals surface area contributed by atoms with Gasteiger partial charge in [-0.25, -0.2) is 9.78 Å². The zero-order valence-corrected chi connectivity index (χ0v) is 13.2. The van der Waals surface area contributed by atoms with Crippen molar-refractivity contribution in [3.05, 3.63) is 39.7 Å². The zero-order valence-electron chi connectivity index (χ0n) is 12.4. The van der Waals surface area contributed by atoms with Crippen LogP contribution in [0.15, 0.2) is 24.3 Å². The molecule has 1 saturated heterocycles. The highest BCUT2D eigenvalue weighted by atomic mass is 32.1. The Morgan fingerprint density at radius 2 is 2.18 bits per heavy atom. The highest BCUT2D eigenvalue weighted by Crippen LogP contribution is 2.29. The molecule has 3 rings (SSSR count). The van der Waals surface area contributed by atoms with Crippen molar-refractivity contribution in [3.63, 3.8) is 0 Å². The second-order valence-corrected chi connectivity index (χ2v) is 6.43. The summed E-state index contributed by atoms with van der Waals surface area (Å²) in [6.45, 7) is 5.85. The lowest BCUT2D eigenvalue weighted by Gasteiger charge is -2.25. The van der Waals surface area contributed by atoms with Gasteiger partial charge in [0.2, 0.25) is 0 Å². The number of ether oxygens (including phenoxy) is 1. The van der Waals surface area contributed by atoms with E-state index in [-0.39, 0.29) is 0 Å². The molecule has 22 heavy (non-hydrogen) atoms. The maximum Gasteiger partial charge on any atom is 0.348 e. The molecule has 1 fully saturated rings. The fourth-order valence-electron chi connectivity index (χ4n) is 2.52. The van der Waals surface area contributed by atoms with Crippen LogP contribution in [-0.2, 0) is 11.3 Å². The summed E-state index contributed by atoms with van der Waals surface area (Å²) in [5.41, 5.74) is 2.53. The highest BCUT2D eigenvalue weighted by Gasteiger charge is 2.20. The molecule has 5 nitrogen and oxygen atoms in total. The largest absolute Gasteiger partial charge is 0.477 e. The molecule has 0 radical (unpaired) electrons. The Labute approximate surface area is 133 Å². The first kappa shape index (κ1) is 15.1. The number of carboxylic acid groups (broad SMARTS) is 1. The molecule has 0 amide bonds. The number of carbonyl (C=O) groups is 1. The van der Waals surface area contributed by atoms with E-state index in [4.69, 9.17) is 4.74 Å². The van der Waals surface area contributed by atoms with Crippen LogP contribution in [0, 0.1) is 6.92 Å². The van der Waals surface area contributed by atoms with Gasteiger partial charge in [0, 0.05) is 18.7 Å². The number of rotatable bonds is 4. The van der Waals surface area contributed by atoms with Crippen LogP contribution >= 0.6 is 11.3 Å². The normalized spacial score (nSPS) is 15.9. The Morgan fingerprint density at radius 3 is 2.86 bits per heavy atom. The van der Waals surface area contributed by atoms with E-state index < -0.39 is 5.97 Å². The lowest BCUT2D eigenvalue weighted by Crippen LogP contribution is -2.35. The van der Waals surface area contributed by atoms with Crippen molar-refractivity contribution in [2.75, 3.05) is 26.3 Å². The molecule has 0 spiro atoms. The third-order valence-electron chi connectivity index (χ3n) is 3.62.